The number of piperidine rings is 1. The summed E-state index contributed by atoms with van der Waals surface area (Å²) in [7, 11) is 0. The van der Waals surface area contributed by atoms with Gasteiger partial charge in [-0.15, -0.1) is 0 Å². The predicted octanol–water partition coefficient (Wildman–Crippen LogP) is 0.892. The Hall–Kier alpha value is -1.24. The van der Waals surface area contributed by atoms with E-state index in [4.69, 9.17) is 0 Å². The van der Waals surface area contributed by atoms with Crippen molar-refractivity contribution in [3.63, 3.8) is 0 Å². The zero-order chi connectivity index (χ0) is 15.5. The van der Waals surface area contributed by atoms with E-state index in [0.29, 0.717) is 5.92 Å². The highest BCUT2D eigenvalue weighted by Crippen LogP contribution is 2.36. The topological polar surface area (TPSA) is 81.5 Å². The lowest BCUT2D eigenvalue weighted by Crippen LogP contribution is -2.38. The molecule has 6 nitrogen and oxygen atoms in total. The van der Waals surface area contributed by atoms with Crippen LogP contribution in [0.4, 0.5) is 5.82 Å². The Bertz CT molecular complexity index is 497. The van der Waals surface area contributed by atoms with Crippen molar-refractivity contribution < 1.29 is 10.2 Å². The van der Waals surface area contributed by atoms with E-state index in [9.17, 15) is 10.2 Å². The molecule has 6 heteroatoms. The number of nitrogens with one attached hydrogen (secondary N) is 1. The minimum absolute atomic E-state index is 0.117. The minimum atomic E-state index is -0.161. The summed E-state index contributed by atoms with van der Waals surface area (Å²) < 4.78 is 0. The van der Waals surface area contributed by atoms with E-state index >= 15 is 0 Å². The predicted molar refractivity (Wildman–Crippen MR) is 84.9 cm³/mol. The van der Waals surface area contributed by atoms with Crippen molar-refractivity contribution >= 4 is 5.82 Å². The van der Waals surface area contributed by atoms with E-state index < -0.39 is 0 Å². The highest BCUT2D eigenvalue weighted by Gasteiger charge is 2.30. The van der Waals surface area contributed by atoms with Crippen molar-refractivity contribution in [2.24, 2.45) is 0 Å². The number of rotatable bonds is 5. The fraction of sp³-hybridized carbons (Fsp3) is 0.750. The summed E-state index contributed by atoms with van der Waals surface area (Å²) in [5.41, 5.74) is 1.04. The van der Waals surface area contributed by atoms with Gasteiger partial charge in [0.05, 0.1) is 12.2 Å². The third-order valence-corrected chi connectivity index (χ3v) is 4.68. The quantitative estimate of drug-likeness (QED) is 0.749. The van der Waals surface area contributed by atoms with E-state index in [2.05, 4.69) is 20.2 Å². The van der Waals surface area contributed by atoms with Crippen LogP contribution < -0.4 is 5.32 Å². The molecule has 3 N–H and O–H groups in total. The number of likely N-dealkylation sites (tertiary alicyclic amines) is 1. The summed E-state index contributed by atoms with van der Waals surface area (Å²) in [6.07, 6.45) is 3.10. The molecule has 0 unspecified atom stereocenters. The molecule has 1 aliphatic heterocycles. The summed E-state index contributed by atoms with van der Waals surface area (Å²) >= 11 is 0. The third kappa shape index (κ3) is 3.94. The van der Waals surface area contributed by atoms with Gasteiger partial charge in [-0.3, -0.25) is 0 Å². The number of aryl methyl sites for hydroxylation is 1. The third-order valence-electron chi connectivity index (χ3n) is 4.68. The molecule has 1 aliphatic carbocycles. The second-order valence-electron chi connectivity index (χ2n) is 6.55. The van der Waals surface area contributed by atoms with Gasteiger partial charge in [-0.25, -0.2) is 9.97 Å². The van der Waals surface area contributed by atoms with Crippen LogP contribution in [0.5, 0.6) is 0 Å². The fourth-order valence-electron chi connectivity index (χ4n) is 3.20. The molecule has 2 fully saturated rings. The van der Waals surface area contributed by atoms with Gasteiger partial charge in [-0.2, -0.15) is 0 Å². The number of aliphatic hydroxyl groups is 2. The van der Waals surface area contributed by atoms with E-state index in [1.165, 1.54) is 0 Å². The average Bonchev–Trinajstić information content (AvgIpc) is 2.45. The molecule has 2 heterocycles. The van der Waals surface area contributed by atoms with Gasteiger partial charge in [-0.1, -0.05) is 0 Å². The zero-order valence-corrected chi connectivity index (χ0v) is 13.2. The minimum Gasteiger partial charge on any atom is -0.393 e. The molecule has 0 radical (unpaired) electrons. The van der Waals surface area contributed by atoms with Gasteiger partial charge in [0, 0.05) is 43.9 Å². The number of nitrogens with zero attached hydrogens (tertiary/aromatic N) is 3. The van der Waals surface area contributed by atoms with Gasteiger partial charge in [0.2, 0.25) is 0 Å². The zero-order valence-electron chi connectivity index (χ0n) is 13.2. The van der Waals surface area contributed by atoms with Gasteiger partial charge in [0.25, 0.3) is 0 Å². The smallest absolute Gasteiger partial charge is 0.129 e. The van der Waals surface area contributed by atoms with Crippen molar-refractivity contribution in [2.45, 2.75) is 50.7 Å². The van der Waals surface area contributed by atoms with Crippen LogP contribution in [0.1, 0.15) is 43.1 Å². The van der Waals surface area contributed by atoms with Crippen molar-refractivity contribution in [3.8, 4) is 0 Å². The lowest BCUT2D eigenvalue weighted by Gasteiger charge is -2.31. The molecule has 0 amide bonds. The molecule has 22 heavy (non-hydrogen) atoms. The number of hydrogen-bond donors (Lipinski definition) is 3. The number of aromatic nitrogens is 2. The number of aliphatic hydroxyl groups excluding tert-OH is 2. The second kappa shape index (κ2) is 6.89. The van der Waals surface area contributed by atoms with Gasteiger partial charge >= 0.3 is 0 Å². The van der Waals surface area contributed by atoms with Crippen LogP contribution in [0.15, 0.2) is 6.07 Å². The summed E-state index contributed by atoms with van der Waals surface area (Å²) in [6, 6.07) is 2.02. The first kappa shape index (κ1) is 15.6. The van der Waals surface area contributed by atoms with Gasteiger partial charge in [-0.05, 0) is 32.6 Å². The molecule has 1 aromatic rings. The van der Waals surface area contributed by atoms with Crippen LogP contribution in [0, 0.1) is 6.92 Å². The number of anilines is 1. The largest absolute Gasteiger partial charge is 0.393 e. The van der Waals surface area contributed by atoms with Crippen LogP contribution >= 0.6 is 0 Å². The highest BCUT2D eigenvalue weighted by atomic mass is 16.3. The summed E-state index contributed by atoms with van der Waals surface area (Å²) in [6.45, 7) is 5.66. The first-order valence-corrected chi connectivity index (χ1v) is 8.28. The lowest BCUT2D eigenvalue weighted by atomic mass is 9.80. The molecule has 3 rings (SSSR count). The molecule has 1 saturated heterocycles. The van der Waals surface area contributed by atoms with Crippen molar-refractivity contribution in [1.82, 2.24) is 14.9 Å². The molecule has 1 saturated carbocycles. The maximum absolute atomic E-state index is 9.51. The second-order valence-corrected chi connectivity index (χ2v) is 6.55. The maximum Gasteiger partial charge on any atom is 0.129 e. The Morgan fingerprint density at radius 3 is 2.59 bits per heavy atom. The first-order chi connectivity index (χ1) is 10.6. The Morgan fingerprint density at radius 1 is 1.18 bits per heavy atom. The average molecular weight is 306 g/mol. The van der Waals surface area contributed by atoms with Crippen LogP contribution in [-0.4, -0.2) is 63.5 Å². The molecular weight excluding hydrogens is 280 g/mol. The SMILES string of the molecule is Cc1nc(NCCN2CCC(O)CC2)cc(C2CC(O)C2)n1. The van der Waals surface area contributed by atoms with Crippen LogP contribution in [-0.2, 0) is 0 Å². The van der Waals surface area contributed by atoms with Gasteiger partial charge in [0.15, 0.2) is 0 Å². The van der Waals surface area contributed by atoms with Gasteiger partial charge < -0.3 is 20.4 Å². The van der Waals surface area contributed by atoms with E-state index in [1.54, 1.807) is 0 Å². The molecule has 0 aromatic carbocycles. The van der Waals surface area contributed by atoms with Crippen molar-refractivity contribution in [2.75, 3.05) is 31.5 Å². The summed E-state index contributed by atoms with van der Waals surface area (Å²) in [5, 5.41) is 22.3. The van der Waals surface area contributed by atoms with Gasteiger partial charge in [0.1, 0.15) is 11.6 Å². The summed E-state index contributed by atoms with van der Waals surface area (Å²) in [5.74, 6) is 2.03. The van der Waals surface area contributed by atoms with E-state index in [0.717, 1.165) is 69.2 Å². The Kier molecular flexibility index (Phi) is 4.90. The standard InChI is InChI=1S/C16H26N4O2/c1-11-18-15(12-8-14(22)9-12)10-16(19-11)17-4-7-20-5-2-13(21)3-6-20/h10,12-14,21-22H,2-9H2,1H3,(H,17,18,19). The van der Waals surface area contributed by atoms with Crippen LogP contribution in [0.25, 0.3) is 0 Å². The Balaban J connectivity index is 1.49. The van der Waals surface area contributed by atoms with Crippen LogP contribution in [0.3, 0.4) is 0 Å². The molecule has 122 valence electrons. The molecule has 0 spiro atoms. The monoisotopic (exact) mass is 306 g/mol. The van der Waals surface area contributed by atoms with E-state index in [1.807, 2.05) is 13.0 Å². The Labute approximate surface area is 131 Å². The highest BCUT2D eigenvalue weighted by molar-refractivity contribution is 5.37. The molecule has 0 atom stereocenters. The Morgan fingerprint density at radius 2 is 1.91 bits per heavy atom. The molecule has 2 aliphatic rings. The van der Waals surface area contributed by atoms with Crippen molar-refractivity contribution in [3.05, 3.63) is 17.6 Å². The molecule has 0 bridgehead atoms. The number of hydrogen-bond acceptors (Lipinski definition) is 6. The maximum atomic E-state index is 9.51. The summed E-state index contributed by atoms with van der Waals surface area (Å²) in [4.78, 5) is 11.3. The molecule has 1 aromatic heterocycles. The normalized spacial score (nSPS) is 26.7. The molecular formula is C16H26N4O2. The fourth-order valence-corrected chi connectivity index (χ4v) is 3.20. The van der Waals surface area contributed by atoms with E-state index in [-0.39, 0.29) is 12.2 Å². The lowest BCUT2D eigenvalue weighted by molar-refractivity contribution is 0.0731. The first-order valence-electron chi connectivity index (χ1n) is 8.28. The van der Waals surface area contributed by atoms with Crippen molar-refractivity contribution in [1.29, 1.82) is 0 Å². The van der Waals surface area contributed by atoms with Crippen LogP contribution in [0.2, 0.25) is 0 Å².